The van der Waals surface area contributed by atoms with Crippen molar-refractivity contribution in [2.75, 3.05) is 44.7 Å². The topological polar surface area (TPSA) is 81.5 Å². The van der Waals surface area contributed by atoms with Crippen LogP contribution >= 0.6 is 11.6 Å². The largest absolute Gasteiger partial charge is 0.493 e. The summed E-state index contributed by atoms with van der Waals surface area (Å²) in [5.74, 6) is 0.845. The number of para-hydroxylation sites is 1. The van der Waals surface area contributed by atoms with E-state index in [-0.39, 0.29) is 11.9 Å². The molecule has 0 saturated carbocycles. The maximum atomic E-state index is 13.9. The molecule has 38 heavy (non-hydrogen) atoms. The van der Waals surface area contributed by atoms with E-state index in [4.69, 9.17) is 21.3 Å². The van der Waals surface area contributed by atoms with Crippen LogP contribution in [0, 0.1) is 11.3 Å². The van der Waals surface area contributed by atoms with Crippen LogP contribution in [0.15, 0.2) is 60.8 Å². The van der Waals surface area contributed by atoms with Gasteiger partial charge in [0, 0.05) is 43.0 Å². The van der Waals surface area contributed by atoms with Gasteiger partial charge in [-0.15, -0.1) is 0 Å². The summed E-state index contributed by atoms with van der Waals surface area (Å²) in [6.45, 7) is 5.54. The second kappa shape index (κ2) is 11.0. The highest BCUT2D eigenvalue weighted by molar-refractivity contribution is 6.30. The quantitative estimate of drug-likeness (QED) is 0.480. The van der Waals surface area contributed by atoms with Crippen molar-refractivity contribution < 1.29 is 9.53 Å². The maximum absolute atomic E-state index is 13.9. The van der Waals surface area contributed by atoms with Gasteiger partial charge < -0.3 is 19.9 Å². The Bertz CT molecular complexity index is 1340. The summed E-state index contributed by atoms with van der Waals surface area (Å²) in [4.78, 5) is 23.0. The van der Waals surface area contributed by atoms with Gasteiger partial charge in [0.05, 0.1) is 35.0 Å². The van der Waals surface area contributed by atoms with E-state index in [1.54, 1.807) is 6.07 Å². The summed E-state index contributed by atoms with van der Waals surface area (Å²) < 4.78 is 5.80. The lowest BCUT2D eigenvalue weighted by Gasteiger charge is -2.44. The molecule has 196 valence electrons. The Kier molecular flexibility index (Phi) is 7.55. The molecule has 0 aliphatic carbocycles. The van der Waals surface area contributed by atoms with Gasteiger partial charge in [-0.25, -0.2) is 0 Å². The Morgan fingerprint density at radius 1 is 1.18 bits per heavy atom. The third kappa shape index (κ3) is 5.07. The fourth-order valence-electron chi connectivity index (χ4n) is 5.56. The molecule has 2 saturated heterocycles. The minimum Gasteiger partial charge on any atom is -0.493 e. The molecule has 0 bridgehead atoms. The average Bonchev–Trinajstić information content (AvgIpc) is 2.93. The van der Waals surface area contributed by atoms with Gasteiger partial charge in [-0.05, 0) is 68.8 Å². The second-order valence-electron chi connectivity index (χ2n) is 10.1. The number of hydrogen-bond donors (Lipinski definition) is 1. The maximum Gasteiger partial charge on any atom is 0.231 e. The molecule has 3 aromatic rings. The van der Waals surface area contributed by atoms with Crippen molar-refractivity contribution in [3.8, 4) is 23.1 Å². The van der Waals surface area contributed by atoms with Crippen LogP contribution in [0.5, 0.6) is 5.75 Å². The molecule has 1 aromatic heterocycles. The van der Waals surface area contributed by atoms with E-state index in [0.717, 1.165) is 41.3 Å². The normalized spacial score (nSPS) is 17.4. The van der Waals surface area contributed by atoms with Gasteiger partial charge in [0.25, 0.3) is 0 Å². The van der Waals surface area contributed by atoms with Crippen LogP contribution in [0.1, 0.15) is 30.9 Å². The average molecular weight is 530 g/mol. The number of nitriles is 1. The van der Waals surface area contributed by atoms with E-state index >= 15 is 0 Å². The summed E-state index contributed by atoms with van der Waals surface area (Å²) in [5, 5.41) is 13.5. The second-order valence-corrected chi connectivity index (χ2v) is 10.5. The number of likely N-dealkylation sites (N-methyl/N-ethyl adjacent to an activating group) is 1. The minimum absolute atomic E-state index is 0.0520. The summed E-state index contributed by atoms with van der Waals surface area (Å²) >= 11 is 6.12. The summed E-state index contributed by atoms with van der Waals surface area (Å²) in [6.07, 6.45) is 3.08. The number of anilines is 1. The van der Waals surface area contributed by atoms with Crippen molar-refractivity contribution in [2.24, 2.45) is 0 Å². The first kappa shape index (κ1) is 26.0. The van der Waals surface area contributed by atoms with Gasteiger partial charge in [0.15, 0.2) is 0 Å². The van der Waals surface area contributed by atoms with Crippen LogP contribution < -0.4 is 15.0 Å². The fraction of sp³-hybridized carbons (Fsp3) is 0.367. The highest BCUT2D eigenvalue weighted by Gasteiger charge is 2.45. The highest BCUT2D eigenvalue weighted by Crippen LogP contribution is 2.39. The van der Waals surface area contributed by atoms with Gasteiger partial charge in [-0.1, -0.05) is 29.8 Å². The molecule has 0 atom stereocenters. The monoisotopic (exact) mass is 529 g/mol. The van der Waals surface area contributed by atoms with Gasteiger partial charge in [-0.3, -0.25) is 9.78 Å². The van der Waals surface area contributed by atoms with Crippen molar-refractivity contribution in [3.63, 3.8) is 0 Å². The molecular weight excluding hydrogens is 498 g/mol. The molecule has 2 aliphatic rings. The Morgan fingerprint density at radius 2 is 1.95 bits per heavy atom. The van der Waals surface area contributed by atoms with Crippen LogP contribution in [0.25, 0.3) is 11.3 Å². The summed E-state index contributed by atoms with van der Waals surface area (Å²) in [7, 11) is 2.05. The number of nitrogens with one attached hydrogen (secondary N) is 1. The molecule has 1 N–H and O–H groups in total. The predicted octanol–water partition coefficient (Wildman–Crippen LogP) is 4.64. The number of benzene rings is 2. The predicted molar refractivity (Wildman–Crippen MR) is 150 cm³/mol. The van der Waals surface area contributed by atoms with Gasteiger partial charge in [-0.2, -0.15) is 5.26 Å². The molecule has 2 aliphatic heterocycles. The van der Waals surface area contributed by atoms with Gasteiger partial charge in [0.1, 0.15) is 11.8 Å². The number of ether oxygens (including phenoxy) is 1. The molecule has 1 amide bonds. The first-order valence-electron chi connectivity index (χ1n) is 13.1. The zero-order valence-corrected chi connectivity index (χ0v) is 22.5. The van der Waals surface area contributed by atoms with E-state index in [9.17, 15) is 10.1 Å². The standard InChI is InChI=1S/C30H32ClN5O2/c1-3-38-28-7-5-4-6-25(28)26-10-8-22(18-33-26)30(29(37)34-24-19-35(2)20-24)12-14-36(15-13-30)27-11-9-23(31)16-21(27)17-32/h4-11,16,18,24H,3,12-15,19-20H2,1-2H3,(H,34,37). The molecular formula is C30H32ClN5O2. The third-order valence-corrected chi connectivity index (χ3v) is 7.88. The molecule has 3 heterocycles. The molecule has 0 unspecified atom stereocenters. The van der Waals surface area contributed by atoms with Crippen LogP contribution in [-0.2, 0) is 10.2 Å². The van der Waals surface area contributed by atoms with Crippen molar-refractivity contribution in [1.29, 1.82) is 5.26 Å². The summed E-state index contributed by atoms with van der Waals surface area (Å²) in [5.41, 5.74) is 3.36. The molecule has 5 rings (SSSR count). The number of carbonyl (C=O) groups is 1. The molecule has 8 heteroatoms. The van der Waals surface area contributed by atoms with E-state index in [1.807, 2.05) is 61.7 Å². The molecule has 7 nitrogen and oxygen atoms in total. The Morgan fingerprint density at radius 3 is 2.61 bits per heavy atom. The number of pyridine rings is 1. The number of halogens is 1. The molecule has 2 fully saturated rings. The van der Waals surface area contributed by atoms with Crippen LogP contribution in [-0.4, -0.2) is 61.7 Å². The van der Waals surface area contributed by atoms with Crippen molar-refractivity contribution in [2.45, 2.75) is 31.2 Å². The number of aromatic nitrogens is 1. The van der Waals surface area contributed by atoms with E-state index in [1.165, 1.54) is 0 Å². The number of piperidine rings is 1. The lowest BCUT2D eigenvalue weighted by molar-refractivity contribution is -0.129. The Labute approximate surface area is 229 Å². The van der Waals surface area contributed by atoms with E-state index in [0.29, 0.717) is 43.1 Å². The lowest BCUT2D eigenvalue weighted by Crippen LogP contribution is -2.62. The zero-order valence-electron chi connectivity index (χ0n) is 21.8. The van der Waals surface area contributed by atoms with Crippen molar-refractivity contribution >= 4 is 23.2 Å². The zero-order chi connectivity index (χ0) is 26.7. The number of nitrogens with zero attached hydrogens (tertiary/aromatic N) is 4. The third-order valence-electron chi connectivity index (χ3n) is 7.65. The molecule has 2 aromatic carbocycles. The number of likely N-dealkylation sites (tertiary alicyclic amines) is 1. The van der Waals surface area contributed by atoms with Crippen molar-refractivity contribution in [3.05, 3.63) is 76.9 Å². The van der Waals surface area contributed by atoms with Crippen LogP contribution in [0.3, 0.4) is 0 Å². The number of amides is 1. The molecule has 0 radical (unpaired) electrons. The Balaban J connectivity index is 1.43. The smallest absolute Gasteiger partial charge is 0.231 e. The Hall–Kier alpha value is -3.60. The fourth-order valence-corrected chi connectivity index (χ4v) is 5.73. The first-order valence-corrected chi connectivity index (χ1v) is 13.4. The number of rotatable bonds is 7. The van der Waals surface area contributed by atoms with E-state index < -0.39 is 5.41 Å². The minimum atomic E-state index is -0.700. The van der Waals surface area contributed by atoms with Gasteiger partial charge in [0.2, 0.25) is 5.91 Å². The highest BCUT2D eigenvalue weighted by atomic mass is 35.5. The van der Waals surface area contributed by atoms with Crippen LogP contribution in [0.2, 0.25) is 5.02 Å². The summed E-state index contributed by atoms with van der Waals surface area (Å²) in [6, 6.07) is 19.7. The van der Waals surface area contributed by atoms with Crippen molar-refractivity contribution in [1.82, 2.24) is 15.2 Å². The van der Waals surface area contributed by atoms with Crippen LogP contribution in [0.4, 0.5) is 5.69 Å². The number of carbonyl (C=O) groups excluding carboxylic acids is 1. The van der Waals surface area contributed by atoms with Gasteiger partial charge >= 0.3 is 0 Å². The van der Waals surface area contributed by atoms with E-state index in [2.05, 4.69) is 28.2 Å². The first-order chi connectivity index (χ1) is 18.4. The SMILES string of the molecule is CCOc1ccccc1-c1ccc(C2(C(=O)NC3CN(C)C3)CCN(c3ccc(Cl)cc3C#N)CC2)cn1. The lowest BCUT2D eigenvalue weighted by atomic mass is 9.72. The molecule has 0 spiro atoms. The number of hydrogen-bond acceptors (Lipinski definition) is 6.